The van der Waals surface area contributed by atoms with Gasteiger partial charge in [-0.2, -0.15) is 0 Å². The number of rotatable bonds is 41. The number of esters is 2. The molecule has 0 heterocycles. The fourth-order valence-corrected chi connectivity index (χ4v) is 6.30. The highest BCUT2D eigenvalue weighted by Crippen LogP contribution is 2.43. The predicted octanol–water partition coefficient (Wildman–Crippen LogP) is 12.3. The van der Waals surface area contributed by atoms with Gasteiger partial charge in [-0.3, -0.25) is 23.4 Å². The molecule has 0 aliphatic carbocycles. The van der Waals surface area contributed by atoms with Crippen molar-refractivity contribution in [3.63, 3.8) is 0 Å². The average molecular weight is 862 g/mol. The molecule has 0 saturated carbocycles. The number of carbonyl (C=O) groups is 3. The topological polar surface area (TPSA) is 172 Å². The Hall–Kier alpha value is -3.34. The van der Waals surface area contributed by atoms with Crippen LogP contribution in [0, 0.1) is 0 Å². The molecule has 0 aliphatic heterocycles. The van der Waals surface area contributed by atoms with Crippen molar-refractivity contribution in [2.24, 2.45) is 5.73 Å². The summed E-state index contributed by atoms with van der Waals surface area (Å²) in [6.45, 7) is 2.68. The van der Waals surface area contributed by atoms with Crippen LogP contribution in [0.15, 0.2) is 85.1 Å². The number of allylic oxidation sites excluding steroid dienone is 14. The SMILES string of the molecule is CCCCC/C=C\C/C=C\C/C=C\C/C=C\CCCCCC(=O)OC[C@H](COP(=O)(O)OC[C@H](N)C(=O)O)OC(=O)CCCCCC/C=C\C/C=C\C/C=C\CCCCC. The molecule has 342 valence electrons. The number of hydrogen-bond donors (Lipinski definition) is 3. The number of carboxylic acid groups (broad SMARTS) is 1. The van der Waals surface area contributed by atoms with Crippen LogP contribution in [0.3, 0.4) is 0 Å². The Morgan fingerprint density at radius 2 is 0.883 bits per heavy atom. The molecule has 3 atom stereocenters. The van der Waals surface area contributed by atoms with Gasteiger partial charge in [0.05, 0.1) is 13.2 Å². The first-order valence-corrected chi connectivity index (χ1v) is 24.1. The number of ether oxygens (including phenoxy) is 2. The van der Waals surface area contributed by atoms with Gasteiger partial charge < -0.3 is 25.2 Å². The zero-order valence-corrected chi connectivity index (χ0v) is 37.9. The van der Waals surface area contributed by atoms with Crippen molar-refractivity contribution in [3.05, 3.63) is 85.1 Å². The summed E-state index contributed by atoms with van der Waals surface area (Å²) in [5.41, 5.74) is 5.33. The highest BCUT2D eigenvalue weighted by atomic mass is 31.2. The van der Waals surface area contributed by atoms with Gasteiger partial charge in [0.2, 0.25) is 0 Å². The van der Waals surface area contributed by atoms with Crippen LogP contribution in [0.1, 0.15) is 168 Å². The van der Waals surface area contributed by atoms with E-state index in [0.29, 0.717) is 12.8 Å². The molecule has 0 saturated heterocycles. The molecule has 0 bridgehead atoms. The Bertz CT molecular complexity index is 1340. The number of phosphoric acid groups is 1. The van der Waals surface area contributed by atoms with Crippen molar-refractivity contribution in [1.29, 1.82) is 0 Å². The molecule has 1 unspecified atom stereocenters. The quantitative estimate of drug-likeness (QED) is 0.0231. The number of carbonyl (C=O) groups excluding carboxylic acids is 2. The van der Waals surface area contributed by atoms with Crippen molar-refractivity contribution < 1.29 is 47.5 Å². The first-order chi connectivity index (χ1) is 29.1. The highest BCUT2D eigenvalue weighted by molar-refractivity contribution is 7.47. The summed E-state index contributed by atoms with van der Waals surface area (Å²) in [5.74, 6) is -2.46. The molecule has 12 heteroatoms. The van der Waals surface area contributed by atoms with E-state index in [9.17, 15) is 23.8 Å². The van der Waals surface area contributed by atoms with E-state index in [0.717, 1.165) is 83.5 Å². The minimum Gasteiger partial charge on any atom is -0.480 e. The lowest BCUT2D eigenvalue weighted by Gasteiger charge is -2.20. The first-order valence-electron chi connectivity index (χ1n) is 22.6. The average Bonchev–Trinajstić information content (AvgIpc) is 3.22. The van der Waals surface area contributed by atoms with E-state index in [-0.39, 0.29) is 19.4 Å². The Balaban J connectivity index is 4.47. The molecule has 0 aromatic rings. The van der Waals surface area contributed by atoms with Gasteiger partial charge in [-0.25, -0.2) is 4.57 Å². The molecule has 0 radical (unpaired) electrons. The minimum absolute atomic E-state index is 0.123. The fraction of sp³-hybridized carbons (Fsp3) is 0.646. The molecule has 4 N–H and O–H groups in total. The van der Waals surface area contributed by atoms with E-state index >= 15 is 0 Å². The Morgan fingerprint density at radius 1 is 0.517 bits per heavy atom. The summed E-state index contributed by atoms with van der Waals surface area (Å²) in [7, 11) is -4.74. The predicted molar refractivity (Wildman–Crippen MR) is 244 cm³/mol. The second-order valence-electron chi connectivity index (χ2n) is 14.8. The minimum atomic E-state index is -4.74. The third-order valence-electron chi connectivity index (χ3n) is 9.12. The molecule has 60 heavy (non-hydrogen) atoms. The van der Waals surface area contributed by atoms with Crippen LogP contribution in [0.5, 0.6) is 0 Å². The van der Waals surface area contributed by atoms with Crippen molar-refractivity contribution in [3.8, 4) is 0 Å². The molecule has 0 aliphatic rings. The highest BCUT2D eigenvalue weighted by Gasteiger charge is 2.28. The summed E-state index contributed by atoms with van der Waals surface area (Å²) >= 11 is 0. The van der Waals surface area contributed by atoms with Gasteiger partial charge in [0.1, 0.15) is 12.6 Å². The maximum Gasteiger partial charge on any atom is 0.472 e. The van der Waals surface area contributed by atoms with Gasteiger partial charge in [-0.15, -0.1) is 0 Å². The lowest BCUT2D eigenvalue weighted by molar-refractivity contribution is -0.161. The van der Waals surface area contributed by atoms with Crippen molar-refractivity contribution in [1.82, 2.24) is 0 Å². The molecule has 0 fully saturated rings. The number of carboxylic acids is 1. The second-order valence-corrected chi connectivity index (χ2v) is 16.3. The van der Waals surface area contributed by atoms with Gasteiger partial charge >= 0.3 is 25.7 Å². The van der Waals surface area contributed by atoms with Crippen molar-refractivity contribution in [2.45, 2.75) is 180 Å². The van der Waals surface area contributed by atoms with Crippen LogP contribution in [-0.4, -0.2) is 59.9 Å². The summed E-state index contributed by atoms with van der Waals surface area (Å²) < 4.78 is 32.7. The van der Waals surface area contributed by atoms with Crippen LogP contribution < -0.4 is 5.73 Å². The van der Waals surface area contributed by atoms with E-state index in [1.165, 1.54) is 44.9 Å². The van der Waals surface area contributed by atoms with Crippen molar-refractivity contribution >= 4 is 25.7 Å². The molecule has 0 rings (SSSR count). The first kappa shape index (κ1) is 56.7. The molecular formula is C48H80NO10P. The monoisotopic (exact) mass is 862 g/mol. The van der Waals surface area contributed by atoms with Gasteiger partial charge in [0.15, 0.2) is 6.10 Å². The standard InChI is InChI=1S/C48H80NO10P/c1-3-5-7-9-11-13-15-17-19-21-22-24-25-27-29-31-33-35-37-39-46(50)56-41-44(42-57-60(54,55)58-43-45(49)48(52)53)59-47(51)40-38-36-34-32-30-28-26-23-20-18-16-14-12-10-8-6-4-2/h11-14,17-20,22,24,26-29,44-45H,3-10,15-16,21,23,25,30-43,49H2,1-2H3,(H,52,53)(H,54,55)/b13-11-,14-12-,19-17-,20-18-,24-22-,28-26-,29-27-/t44-,45+/m1/s1. The number of aliphatic carboxylic acids is 1. The van der Waals surface area contributed by atoms with E-state index in [2.05, 4.69) is 103 Å². The van der Waals surface area contributed by atoms with Crippen LogP contribution in [0.25, 0.3) is 0 Å². The van der Waals surface area contributed by atoms with Gasteiger partial charge in [0.25, 0.3) is 0 Å². The van der Waals surface area contributed by atoms with Crippen LogP contribution >= 0.6 is 7.82 Å². The molecular weight excluding hydrogens is 781 g/mol. The summed E-state index contributed by atoms with van der Waals surface area (Å²) in [6, 6.07) is -1.53. The molecule has 0 amide bonds. The Labute approximate surface area is 362 Å². The lowest BCUT2D eigenvalue weighted by atomic mass is 10.1. The molecule has 0 aromatic carbocycles. The van der Waals surface area contributed by atoms with Gasteiger partial charge in [0, 0.05) is 12.8 Å². The third kappa shape index (κ3) is 41.4. The summed E-state index contributed by atoms with van der Waals surface area (Å²) in [5, 5.41) is 8.90. The zero-order chi connectivity index (χ0) is 44.2. The van der Waals surface area contributed by atoms with Gasteiger partial charge in [-0.05, 0) is 96.3 Å². The summed E-state index contributed by atoms with van der Waals surface area (Å²) in [4.78, 5) is 46.0. The molecule has 11 nitrogen and oxygen atoms in total. The van der Waals surface area contributed by atoms with E-state index in [4.69, 9.17) is 24.8 Å². The number of hydrogen-bond acceptors (Lipinski definition) is 9. The largest absolute Gasteiger partial charge is 0.480 e. The fourth-order valence-electron chi connectivity index (χ4n) is 5.52. The van der Waals surface area contributed by atoms with E-state index < -0.39 is 51.1 Å². The third-order valence-corrected chi connectivity index (χ3v) is 10.1. The number of unbranched alkanes of at least 4 members (excludes halogenated alkanes) is 13. The van der Waals surface area contributed by atoms with Gasteiger partial charge in [-0.1, -0.05) is 144 Å². The molecule has 0 spiro atoms. The van der Waals surface area contributed by atoms with E-state index in [1.54, 1.807) is 0 Å². The maximum atomic E-state index is 12.6. The Kier molecular flexibility index (Phi) is 40.0. The second kappa shape index (κ2) is 42.4. The smallest absolute Gasteiger partial charge is 0.472 e. The Morgan fingerprint density at radius 3 is 1.32 bits per heavy atom. The van der Waals surface area contributed by atoms with Crippen molar-refractivity contribution in [2.75, 3.05) is 19.8 Å². The van der Waals surface area contributed by atoms with E-state index in [1.807, 2.05) is 0 Å². The zero-order valence-electron chi connectivity index (χ0n) is 37.0. The maximum absolute atomic E-state index is 12.6. The normalized spacial score (nSPS) is 14.5. The number of nitrogens with two attached hydrogens (primary N) is 1. The number of phosphoric ester groups is 1. The lowest BCUT2D eigenvalue weighted by Crippen LogP contribution is -2.34. The van der Waals surface area contributed by atoms with Crippen LogP contribution in [0.2, 0.25) is 0 Å². The van der Waals surface area contributed by atoms with Crippen LogP contribution in [0.4, 0.5) is 0 Å². The summed E-state index contributed by atoms with van der Waals surface area (Å²) in [6.07, 6.45) is 52.1. The van der Waals surface area contributed by atoms with Crippen LogP contribution in [-0.2, 0) is 37.5 Å². The molecule has 0 aromatic heterocycles.